The van der Waals surface area contributed by atoms with Gasteiger partial charge in [0.2, 0.25) is 5.91 Å². The summed E-state index contributed by atoms with van der Waals surface area (Å²) in [5.41, 5.74) is 11.0. The average molecular weight is 257 g/mol. The zero-order chi connectivity index (χ0) is 13.4. The standard InChI is InChI=1S/C13H27N3O2/c1-18-10-12(7-4-8-14)16(9-13(15)17)11-5-2-3-6-11/h11-12H,2-10,14H2,1H3,(H2,15,17). The second kappa shape index (κ2) is 8.45. The average Bonchev–Trinajstić information content (AvgIpc) is 2.85. The van der Waals surface area contributed by atoms with Crippen LogP contribution in [0.5, 0.6) is 0 Å². The predicted octanol–water partition coefficient (Wildman–Crippen LogP) is 0.470. The molecular formula is C13H27N3O2. The molecule has 1 fully saturated rings. The molecular weight excluding hydrogens is 230 g/mol. The van der Waals surface area contributed by atoms with Crippen LogP contribution in [0.15, 0.2) is 0 Å². The number of hydrogen-bond donors (Lipinski definition) is 2. The van der Waals surface area contributed by atoms with E-state index in [9.17, 15) is 4.79 Å². The molecule has 0 heterocycles. The third-order valence-electron chi connectivity index (χ3n) is 3.70. The van der Waals surface area contributed by atoms with Crippen LogP contribution < -0.4 is 11.5 Å². The highest BCUT2D eigenvalue weighted by molar-refractivity contribution is 5.76. The van der Waals surface area contributed by atoms with Gasteiger partial charge in [-0.05, 0) is 32.2 Å². The Labute approximate surface area is 110 Å². The van der Waals surface area contributed by atoms with E-state index < -0.39 is 0 Å². The zero-order valence-corrected chi connectivity index (χ0v) is 11.4. The van der Waals surface area contributed by atoms with Gasteiger partial charge in [-0.25, -0.2) is 0 Å². The summed E-state index contributed by atoms with van der Waals surface area (Å²) in [6, 6.07) is 0.740. The Bertz CT molecular complexity index is 242. The van der Waals surface area contributed by atoms with Gasteiger partial charge in [0.25, 0.3) is 0 Å². The number of primary amides is 1. The first kappa shape index (κ1) is 15.4. The molecule has 0 aliphatic heterocycles. The monoisotopic (exact) mass is 257 g/mol. The van der Waals surface area contributed by atoms with Crippen LogP contribution in [0.4, 0.5) is 0 Å². The van der Waals surface area contributed by atoms with Crippen molar-refractivity contribution >= 4 is 5.91 Å². The number of carbonyl (C=O) groups is 1. The minimum atomic E-state index is -0.254. The highest BCUT2D eigenvalue weighted by Gasteiger charge is 2.29. The summed E-state index contributed by atoms with van der Waals surface area (Å²) >= 11 is 0. The van der Waals surface area contributed by atoms with E-state index in [0.29, 0.717) is 25.7 Å². The van der Waals surface area contributed by atoms with E-state index in [1.165, 1.54) is 12.8 Å². The molecule has 0 aromatic heterocycles. The van der Waals surface area contributed by atoms with E-state index in [1.807, 2.05) is 0 Å². The van der Waals surface area contributed by atoms with Gasteiger partial charge in [-0.15, -0.1) is 0 Å². The predicted molar refractivity (Wildman–Crippen MR) is 72.1 cm³/mol. The van der Waals surface area contributed by atoms with Crippen molar-refractivity contribution in [2.45, 2.75) is 50.6 Å². The first-order chi connectivity index (χ1) is 8.69. The van der Waals surface area contributed by atoms with Crippen LogP contribution in [0.1, 0.15) is 38.5 Å². The molecule has 5 heteroatoms. The van der Waals surface area contributed by atoms with Crippen LogP contribution in [0.25, 0.3) is 0 Å². The first-order valence-electron chi connectivity index (χ1n) is 6.92. The third-order valence-corrected chi connectivity index (χ3v) is 3.70. The third kappa shape index (κ3) is 4.92. The number of nitrogens with zero attached hydrogens (tertiary/aromatic N) is 1. The molecule has 1 aliphatic carbocycles. The van der Waals surface area contributed by atoms with Gasteiger partial charge in [-0.2, -0.15) is 0 Å². The Morgan fingerprint density at radius 2 is 2.11 bits per heavy atom. The summed E-state index contributed by atoms with van der Waals surface area (Å²) in [6.07, 6.45) is 6.74. The SMILES string of the molecule is COCC(CCCN)N(CC(N)=O)C1CCCC1. The summed E-state index contributed by atoms with van der Waals surface area (Å²) in [5.74, 6) is -0.254. The van der Waals surface area contributed by atoms with Gasteiger partial charge in [0.1, 0.15) is 0 Å². The molecule has 1 atom stereocenters. The van der Waals surface area contributed by atoms with E-state index in [-0.39, 0.29) is 11.9 Å². The molecule has 1 amide bonds. The van der Waals surface area contributed by atoms with E-state index in [1.54, 1.807) is 7.11 Å². The Balaban J connectivity index is 2.65. The number of rotatable bonds is 9. The molecule has 4 N–H and O–H groups in total. The van der Waals surface area contributed by atoms with E-state index in [2.05, 4.69) is 4.90 Å². The maximum atomic E-state index is 11.3. The van der Waals surface area contributed by atoms with Crippen LogP contribution in [-0.4, -0.2) is 49.7 Å². The van der Waals surface area contributed by atoms with E-state index in [4.69, 9.17) is 16.2 Å². The fourth-order valence-electron chi connectivity index (χ4n) is 2.86. The molecule has 5 nitrogen and oxygen atoms in total. The lowest BCUT2D eigenvalue weighted by molar-refractivity contribution is -0.120. The lowest BCUT2D eigenvalue weighted by Crippen LogP contribution is -2.48. The molecule has 18 heavy (non-hydrogen) atoms. The number of amides is 1. The molecule has 0 aromatic rings. The maximum absolute atomic E-state index is 11.3. The van der Waals surface area contributed by atoms with Gasteiger partial charge in [0.15, 0.2) is 0 Å². The molecule has 0 saturated heterocycles. The minimum absolute atomic E-state index is 0.254. The number of methoxy groups -OCH3 is 1. The Morgan fingerprint density at radius 1 is 1.44 bits per heavy atom. The van der Waals surface area contributed by atoms with Gasteiger partial charge in [-0.3, -0.25) is 9.69 Å². The van der Waals surface area contributed by atoms with Crippen LogP contribution in [-0.2, 0) is 9.53 Å². The van der Waals surface area contributed by atoms with Crippen LogP contribution in [0.2, 0.25) is 0 Å². The molecule has 0 aromatic carbocycles. The summed E-state index contributed by atoms with van der Waals surface area (Å²) in [5, 5.41) is 0. The van der Waals surface area contributed by atoms with Crippen molar-refractivity contribution in [3.05, 3.63) is 0 Å². The number of hydrogen-bond acceptors (Lipinski definition) is 4. The summed E-state index contributed by atoms with van der Waals surface area (Å²) in [4.78, 5) is 13.5. The second-order valence-corrected chi connectivity index (χ2v) is 5.12. The van der Waals surface area contributed by atoms with Crippen molar-refractivity contribution in [1.82, 2.24) is 4.90 Å². The van der Waals surface area contributed by atoms with Crippen molar-refractivity contribution in [3.8, 4) is 0 Å². The van der Waals surface area contributed by atoms with E-state index in [0.717, 1.165) is 25.7 Å². The normalized spacial score (nSPS) is 18.4. The fourth-order valence-corrected chi connectivity index (χ4v) is 2.86. The van der Waals surface area contributed by atoms with Crippen LogP contribution in [0.3, 0.4) is 0 Å². The van der Waals surface area contributed by atoms with Crippen molar-refractivity contribution in [3.63, 3.8) is 0 Å². The molecule has 0 spiro atoms. The Hall–Kier alpha value is -0.650. The first-order valence-corrected chi connectivity index (χ1v) is 6.92. The van der Waals surface area contributed by atoms with Gasteiger partial charge in [0.05, 0.1) is 13.2 Å². The van der Waals surface area contributed by atoms with Crippen molar-refractivity contribution < 1.29 is 9.53 Å². The number of nitrogens with two attached hydrogens (primary N) is 2. The highest BCUT2D eigenvalue weighted by atomic mass is 16.5. The molecule has 1 saturated carbocycles. The lowest BCUT2D eigenvalue weighted by atomic mass is 10.1. The largest absolute Gasteiger partial charge is 0.383 e. The molecule has 0 bridgehead atoms. The van der Waals surface area contributed by atoms with Crippen molar-refractivity contribution in [2.75, 3.05) is 26.8 Å². The van der Waals surface area contributed by atoms with E-state index >= 15 is 0 Å². The molecule has 1 rings (SSSR count). The van der Waals surface area contributed by atoms with Crippen molar-refractivity contribution in [2.24, 2.45) is 11.5 Å². The molecule has 106 valence electrons. The van der Waals surface area contributed by atoms with Crippen LogP contribution >= 0.6 is 0 Å². The second-order valence-electron chi connectivity index (χ2n) is 5.12. The minimum Gasteiger partial charge on any atom is -0.383 e. The lowest BCUT2D eigenvalue weighted by Gasteiger charge is -2.35. The summed E-state index contributed by atoms with van der Waals surface area (Å²) < 4.78 is 5.29. The highest BCUT2D eigenvalue weighted by Crippen LogP contribution is 2.26. The smallest absolute Gasteiger partial charge is 0.231 e. The Morgan fingerprint density at radius 3 is 2.61 bits per heavy atom. The van der Waals surface area contributed by atoms with Gasteiger partial charge >= 0.3 is 0 Å². The molecule has 1 aliphatic rings. The maximum Gasteiger partial charge on any atom is 0.231 e. The van der Waals surface area contributed by atoms with Gasteiger partial charge in [-0.1, -0.05) is 12.8 Å². The topological polar surface area (TPSA) is 81.6 Å². The molecule has 1 unspecified atom stereocenters. The fraction of sp³-hybridized carbons (Fsp3) is 0.923. The quantitative estimate of drug-likeness (QED) is 0.629. The van der Waals surface area contributed by atoms with Crippen molar-refractivity contribution in [1.29, 1.82) is 0 Å². The number of ether oxygens (including phenoxy) is 1. The van der Waals surface area contributed by atoms with Gasteiger partial charge < -0.3 is 16.2 Å². The Kier molecular flexibility index (Phi) is 7.23. The molecule has 0 radical (unpaired) electrons. The van der Waals surface area contributed by atoms with Crippen LogP contribution in [0, 0.1) is 0 Å². The zero-order valence-electron chi connectivity index (χ0n) is 11.4. The summed E-state index contributed by atoms with van der Waals surface area (Å²) in [7, 11) is 1.70. The van der Waals surface area contributed by atoms with Gasteiger partial charge in [0, 0.05) is 19.2 Å². The summed E-state index contributed by atoms with van der Waals surface area (Å²) in [6.45, 7) is 1.66. The number of carbonyl (C=O) groups excluding carboxylic acids is 1.